The summed E-state index contributed by atoms with van der Waals surface area (Å²) in [6.07, 6.45) is 2.88. The maximum Gasteiger partial charge on any atom is 0.0851 e. The van der Waals surface area contributed by atoms with Gasteiger partial charge in [-0.05, 0) is 27.6 Å². The van der Waals surface area contributed by atoms with Gasteiger partial charge in [0.15, 0.2) is 0 Å². The fraction of sp³-hybridized carbons (Fsp3) is 0.125. The molecule has 0 atom stereocenters. The highest BCUT2D eigenvalue weighted by Gasteiger charge is 2.21. The van der Waals surface area contributed by atoms with Gasteiger partial charge in [0.25, 0.3) is 0 Å². The van der Waals surface area contributed by atoms with E-state index in [1.54, 1.807) is 0 Å². The van der Waals surface area contributed by atoms with Crippen LogP contribution in [0.15, 0.2) is 16.9 Å². The molecular weight excluding hydrogens is 218 g/mol. The first-order valence-electron chi connectivity index (χ1n) is 3.74. The molecule has 0 spiro atoms. The van der Waals surface area contributed by atoms with Gasteiger partial charge in [-0.25, -0.2) is 0 Å². The van der Waals surface area contributed by atoms with Crippen molar-refractivity contribution in [2.75, 3.05) is 0 Å². The van der Waals surface area contributed by atoms with Crippen LogP contribution in [0.25, 0.3) is 11.4 Å². The van der Waals surface area contributed by atoms with E-state index in [-0.39, 0.29) is 0 Å². The SMILES string of the molecule is Brc1cc2c([nH]1)-c1[nH]ncc1C2. The first-order chi connectivity index (χ1) is 5.84. The summed E-state index contributed by atoms with van der Waals surface area (Å²) in [5, 5.41) is 6.98. The van der Waals surface area contributed by atoms with Gasteiger partial charge in [-0.1, -0.05) is 0 Å². The lowest BCUT2D eigenvalue weighted by Crippen LogP contribution is -1.76. The molecule has 0 aromatic carbocycles. The van der Waals surface area contributed by atoms with Gasteiger partial charge in [-0.15, -0.1) is 0 Å². The van der Waals surface area contributed by atoms with E-state index in [1.807, 2.05) is 6.20 Å². The average Bonchev–Trinajstić information content (AvgIpc) is 2.59. The highest BCUT2D eigenvalue weighted by Crippen LogP contribution is 2.35. The zero-order valence-electron chi connectivity index (χ0n) is 6.19. The molecule has 2 aromatic heterocycles. The molecule has 4 heteroatoms. The summed E-state index contributed by atoms with van der Waals surface area (Å²) in [6.45, 7) is 0. The molecule has 0 bridgehead atoms. The Morgan fingerprint density at radius 3 is 3.17 bits per heavy atom. The lowest BCUT2D eigenvalue weighted by atomic mass is 10.2. The minimum Gasteiger partial charge on any atom is -0.348 e. The molecule has 3 nitrogen and oxygen atoms in total. The summed E-state index contributed by atoms with van der Waals surface area (Å²) in [5.74, 6) is 0. The van der Waals surface area contributed by atoms with Crippen molar-refractivity contribution in [1.82, 2.24) is 15.2 Å². The average molecular weight is 224 g/mol. The molecule has 3 rings (SSSR count). The summed E-state index contributed by atoms with van der Waals surface area (Å²) in [6, 6.07) is 2.11. The standard InChI is InChI=1S/C8H6BrN3/c9-6-2-4-1-5-3-10-12-8(5)7(4)11-6/h2-3,11H,1H2,(H,10,12). The number of nitrogens with zero attached hydrogens (tertiary/aromatic N) is 1. The molecule has 2 heterocycles. The van der Waals surface area contributed by atoms with Crippen molar-refractivity contribution in [3.63, 3.8) is 0 Å². The van der Waals surface area contributed by atoms with Crippen LogP contribution in [0.1, 0.15) is 11.1 Å². The van der Waals surface area contributed by atoms with Gasteiger partial charge in [0.1, 0.15) is 0 Å². The quantitative estimate of drug-likeness (QED) is 0.603. The number of hydrogen-bond donors (Lipinski definition) is 2. The van der Waals surface area contributed by atoms with Gasteiger partial charge in [0, 0.05) is 12.0 Å². The van der Waals surface area contributed by atoms with E-state index in [1.165, 1.54) is 16.8 Å². The molecule has 0 radical (unpaired) electrons. The molecular formula is C8H6BrN3. The normalized spacial score (nSPS) is 13.1. The highest BCUT2D eigenvalue weighted by molar-refractivity contribution is 9.10. The van der Waals surface area contributed by atoms with E-state index >= 15 is 0 Å². The molecule has 0 unspecified atom stereocenters. The van der Waals surface area contributed by atoms with Gasteiger partial charge in [-0.2, -0.15) is 5.10 Å². The van der Waals surface area contributed by atoms with E-state index in [0.717, 1.165) is 16.7 Å². The number of H-pyrrole nitrogens is 2. The van der Waals surface area contributed by atoms with Crippen LogP contribution in [0.5, 0.6) is 0 Å². The summed E-state index contributed by atoms with van der Waals surface area (Å²) < 4.78 is 1.03. The van der Waals surface area contributed by atoms with Crippen LogP contribution >= 0.6 is 15.9 Å². The zero-order valence-corrected chi connectivity index (χ0v) is 7.77. The van der Waals surface area contributed by atoms with Crippen molar-refractivity contribution in [1.29, 1.82) is 0 Å². The number of halogens is 1. The van der Waals surface area contributed by atoms with Crippen LogP contribution in [-0.4, -0.2) is 15.2 Å². The van der Waals surface area contributed by atoms with Crippen LogP contribution in [0.3, 0.4) is 0 Å². The topological polar surface area (TPSA) is 44.5 Å². The smallest absolute Gasteiger partial charge is 0.0851 e. The molecule has 0 fully saturated rings. The summed E-state index contributed by atoms with van der Waals surface area (Å²) >= 11 is 3.41. The Kier molecular flexibility index (Phi) is 1.09. The third-order valence-electron chi connectivity index (χ3n) is 2.22. The maximum atomic E-state index is 3.99. The van der Waals surface area contributed by atoms with E-state index in [4.69, 9.17) is 0 Å². The van der Waals surface area contributed by atoms with E-state index in [0.29, 0.717) is 0 Å². The van der Waals surface area contributed by atoms with Gasteiger partial charge in [0.05, 0.1) is 22.2 Å². The maximum absolute atomic E-state index is 3.99. The number of aromatic nitrogens is 3. The Labute approximate surface area is 77.3 Å². The van der Waals surface area contributed by atoms with Crippen molar-refractivity contribution in [2.45, 2.75) is 6.42 Å². The fourth-order valence-electron chi connectivity index (χ4n) is 1.69. The molecule has 0 aliphatic heterocycles. The number of nitrogens with one attached hydrogen (secondary N) is 2. The predicted molar refractivity (Wildman–Crippen MR) is 48.9 cm³/mol. The largest absolute Gasteiger partial charge is 0.348 e. The Bertz CT molecular complexity index is 441. The Morgan fingerprint density at radius 1 is 1.33 bits per heavy atom. The first kappa shape index (κ1) is 6.48. The molecule has 12 heavy (non-hydrogen) atoms. The lowest BCUT2D eigenvalue weighted by molar-refractivity contribution is 1.08. The second-order valence-electron chi connectivity index (χ2n) is 2.96. The van der Waals surface area contributed by atoms with Crippen LogP contribution in [0.2, 0.25) is 0 Å². The van der Waals surface area contributed by atoms with Crippen LogP contribution in [0, 0.1) is 0 Å². The Balaban J connectivity index is 2.32. The van der Waals surface area contributed by atoms with Crippen molar-refractivity contribution in [2.24, 2.45) is 0 Å². The van der Waals surface area contributed by atoms with Crippen molar-refractivity contribution in [3.05, 3.63) is 28.0 Å². The van der Waals surface area contributed by atoms with Crippen LogP contribution < -0.4 is 0 Å². The van der Waals surface area contributed by atoms with E-state index in [9.17, 15) is 0 Å². The Hall–Kier alpha value is -1.03. The summed E-state index contributed by atoms with van der Waals surface area (Å²) in [4.78, 5) is 3.24. The second kappa shape index (κ2) is 2.01. The van der Waals surface area contributed by atoms with Gasteiger partial charge in [0.2, 0.25) is 0 Å². The van der Waals surface area contributed by atoms with Gasteiger partial charge in [-0.3, -0.25) is 5.10 Å². The third-order valence-corrected chi connectivity index (χ3v) is 2.64. The van der Waals surface area contributed by atoms with Crippen LogP contribution in [0.4, 0.5) is 0 Å². The molecule has 0 saturated carbocycles. The number of fused-ring (bicyclic) bond motifs is 3. The van der Waals surface area contributed by atoms with Crippen molar-refractivity contribution < 1.29 is 0 Å². The van der Waals surface area contributed by atoms with Crippen molar-refractivity contribution in [3.8, 4) is 11.4 Å². The molecule has 0 saturated heterocycles. The molecule has 2 aromatic rings. The highest BCUT2D eigenvalue weighted by atomic mass is 79.9. The van der Waals surface area contributed by atoms with Crippen molar-refractivity contribution >= 4 is 15.9 Å². The van der Waals surface area contributed by atoms with Gasteiger partial charge < -0.3 is 4.98 Å². The summed E-state index contributed by atoms with van der Waals surface area (Å²) in [7, 11) is 0. The van der Waals surface area contributed by atoms with E-state index in [2.05, 4.69) is 37.2 Å². The fourth-order valence-corrected chi connectivity index (χ4v) is 2.16. The third kappa shape index (κ3) is 0.679. The minimum atomic E-state index is 0.989. The monoisotopic (exact) mass is 223 g/mol. The second-order valence-corrected chi connectivity index (χ2v) is 3.82. The molecule has 2 N–H and O–H groups in total. The first-order valence-corrected chi connectivity index (χ1v) is 4.54. The summed E-state index contributed by atoms with van der Waals surface area (Å²) in [5.41, 5.74) is 4.93. The van der Waals surface area contributed by atoms with Gasteiger partial charge >= 0.3 is 0 Å². The van der Waals surface area contributed by atoms with E-state index < -0.39 is 0 Å². The molecule has 1 aliphatic carbocycles. The molecule has 0 amide bonds. The minimum absolute atomic E-state index is 0.989. The number of rotatable bonds is 0. The number of hydrogen-bond acceptors (Lipinski definition) is 1. The molecule has 1 aliphatic rings. The number of aromatic amines is 2. The predicted octanol–water partition coefficient (Wildman–Crippen LogP) is 2.07. The lowest BCUT2D eigenvalue weighted by Gasteiger charge is -1.88. The zero-order chi connectivity index (χ0) is 8.13. The van der Waals surface area contributed by atoms with Crippen LogP contribution in [-0.2, 0) is 6.42 Å². The molecule has 60 valence electrons. The Morgan fingerprint density at radius 2 is 2.25 bits per heavy atom.